The molecule has 0 amide bonds. The highest BCUT2D eigenvalue weighted by molar-refractivity contribution is 7.19. The minimum Gasteiger partial charge on any atom is -0.493 e. The molecule has 0 saturated carbocycles. The van der Waals surface area contributed by atoms with Gasteiger partial charge in [-0.1, -0.05) is 16.8 Å². The predicted molar refractivity (Wildman–Crippen MR) is 93.0 cm³/mol. The Hall–Kier alpha value is -2.51. The minimum absolute atomic E-state index is 0.406. The zero-order valence-electron chi connectivity index (χ0n) is 12.8. The van der Waals surface area contributed by atoms with Crippen LogP contribution < -0.4 is 9.47 Å². The van der Waals surface area contributed by atoms with Crippen LogP contribution in [-0.2, 0) is 0 Å². The van der Waals surface area contributed by atoms with Crippen molar-refractivity contribution >= 4 is 33.8 Å². The van der Waals surface area contributed by atoms with Crippen LogP contribution in [0.25, 0.3) is 33.2 Å². The molecule has 1 N–H and O–H groups in total. The van der Waals surface area contributed by atoms with Gasteiger partial charge in [0.2, 0.25) is 5.82 Å². The number of fused-ring (bicyclic) bond motifs is 1. The van der Waals surface area contributed by atoms with E-state index in [1.165, 1.54) is 11.3 Å². The van der Waals surface area contributed by atoms with Gasteiger partial charge in [0, 0.05) is 17.0 Å². The quantitative estimate of drug-likeness (QED) is 0.574. The minimum atomic E-state index is 0.406. The molecule has 4 rings (SSSR count). The number of halogens is 1. The summed E-state index contributed by atoms with van der Waals surface area (Å²) < 4.78 is 16.7. The zero-order chi connectivity index (χ0) is 16.7. The van der Waals surface area contributed by atoms with Crippen molar-refractivity contribution in [3.05, 3.63) is 34.7 Å². The van der Waals surface area contributed by atoms with E-state index in [9.17, 15) is 0 Å². The first kappa shape index (κ1) is 15.0. The van der Waals surface area contributed by atoms with Crippen molar-refractivity contribution in [3.63, 3.8) is 0 Å². The van der Waals surface area contributed by atoms with E-state index in [2.05, 4.69) is 15.1 Å². The lowest BCUT2D eigenvalue weighted by molar-refractivity contribution is 0.356. The average molecular weight is 362 g/mol. The first-order valence-corrected chi connectivity index (χ1v) is 8.22. The van der Waals surface area contributed by atoms with E-state index >= 15 is 0 Å². The van der Waals surface area contributed by atoms with Gasteiger partial charge in [-0.2, -0.15) is 4.98 Å². The molecular weight excluding hydrogens is 350 g/mol. The van der Waals surface area contributed by atoms with Crippen molar-refractivity contribution in [2.75, 3.05) is 14.2 Å². The van der Waals surface area contributed by atoms with Gasteiger partial charge in [0.1, 0.15) is 5.69 Å². The van der Waals surface area contributed by atoms with Crippen LogP contribution in [0.1, 0.15) is 0 Å². The van der Waals surface area contributed by atoms with Gasteiger partial charge >= 0.3 is 0 Å². The molecule has 3 heterocycles. The summed E-state index contributed by atoms with van der Waals surface area (Å²) in [7, 11) is 3.21. The highest BCUT2D eigenvalue weighted by Crippen LogP contribution is 2.35. The van der Waals surface area contributed by atoms with Crippen molar-refractivity contribution in [1.82, 2.24) is 15.1 Å². The van der Waals surface area contributed by atoms with Gasteiger partial charge in [0.05, 0.1) is 23.4 Å². The lowest BCUT2D eigenvalue weighted by Crippen LogP contribution is -1.89. The Bertz CT molecular complexity index is 980. The smallest absolute Gasteiger partial charge is 0.274 e. The third-order valence-corrected chi connectivity index (χ3v) is 4.80. The van der Waals surface area contributed by atoms with Gasteiger partial charge in [0.15, 0.2) is 11.5 Å². The highest BCUT2D eigenvalue weighted by atomic mass is 35.5. The number of hydrogen-bond donors (Lipinski definition) is 1. The van der Waals surface area contributed by atoms with Gasteiger partial charge in [-0.15, -0.1) is 11.3 Å². The van der Waals surface area contributed by atoms with Gasteiger partial charge in [0.25, 0.3) is 5.89 Å². The fraction of sp³-hybridized carbons (Fsp3) is 0.125. The van der Waals surface area contributed by atoms with Gasteiger partial charge in [-0.3, -0.25) is 0 Å². The molecule has 0 radical (unpaired) electrons. The second-order valence-electron chi connectivity index (χ2n) is 5.00. The monoisotopic (exact) mass is 361 g/mol. The van der Waals surface area contributed by atoms with E-state index in [1.807, 2.05) is 24.3 Å². The number of H-pyrrole nitrogens is 1. The summed E-state index contributed by atoms with van der Waals surface area (Å²) >= 11 is 7.35. The number of methoxy groups -OCH3 is 2. The van der Waals surface area contributed by atoms with E-state index in [1.54, 1.807) is 20.3 Å². The summed E-state index contributed by atoms with van der Waals surface area (Å²) in [5.41, 5.74) is 1.61. The molecule has 3 aromatic heterocycles. The Morgan fingerprint density at radius 1 is 1.12 bits per heavy atom. The number of aromatic amines is 1. The number of nitrogens with one attached hydrogen (secondary N) is 1. The summed E-state index contributed by atoms with van der Waals surface area (Å²) in [5, 5.41) is 4.97. The SMILES string of the molecule is COc1cc2cc(-c3nc(-c4ccc(Cl)s4)no3)[nH]c2cc1OC. The van der Waals surface area contributed by atoms with Crippen LogP contribution in [0.5, 0.6) is 11.5 Å². The second kappa shape index (κ2) is 5.85. The molecule has 0 spiro atoms. The third kappa shape index (κ3) is 2.51. The van der Waals surface area contributed by atoms with Crippen LogP contribution in [-0.4, -0.2) is 29.3 Å². The van der Waals surface area contributed by atoms with Gasteiger partial charge < -0.3 is 19.0 Å². The predicted octanol–water partition coefficient (Wildman–Crippen LogP) is 4.62. The molecule has 0 atom stereocenters. The van der Waals surface area contributed by atoms with Crippen LogP contribution in [0.2, 0.25) is 4.34 Å². The first-order valence-electron chi connectivity index (χ1n) is 7.02. The summed E-state index contributed by atoms with van der Waals surface area (Å²) in [5.74, 6) is 2.23. The Morgan fingerprint density at radius 3 is 2.62 bits per heavy atom. The molecule has 4 aromatic rings. The van der Waals surface area contributed by atoms with Crippen LogP contribution in [0.3, 0.4) is 0 Å². The van der Waals surface area contributed by atoms with Gasteiger partial charge in [-0.05, 0) is 24.3 Å². The maximum Gasteiger partial charge on any atom is 0.274 e. The Morgan fingerprint density at radius 2 is 1.92 bits per heavy atom. The Labute approximate surface area is 146 Å². The van der Waals surface area contributed by atoms with E-state index in [-0.39, 0.29) is 0 Å². The number of benzene rings is 1. The van der Waals surface area contributed by atoms with Gasteiger partial charge in [-0.25, -0.2) is 0 Å². The molecule has 24 heavy (non-hydrogen) atoms. The molecule has 0 unspecified atom stereocenters. The molecule has 0 aliphatic carbocycles. The Kier molecular flexibility index (Phi) is 3.66. The number of ether oxygens (including phenoxy) is 2. The number of nitrogens with zero attached hydrogens (tertiary/aromatic N) is 2. The third-order valence-electron chi connectivity index (χ3n) is 3.57. The maximum absolute atomic E-state index is 5.95. The lowest BCUT2D eigenvalue weighted by atomic mass is 10.2. The number of aromatic nitrogens is 3. The zero-order valence-corrected chi connectivity index (χ0v) is 14.4. The second-order valence-corrected chi connectivity index (χ2v) is 6.72. The van der Waals surface area contributed by atoms with Crippen molar-refractivity contribution in [1.29, 1.82) is 0 Å². The van der Waals surface area contributed by atoms with Crippen LogP contribution in [0.15, 0.2) is 34.9 Å². The standard InChI is InChI=1S/C16H12ClN3O3S/c1-21-11-6-8-5-10(18-9(8)7-12(11)22-2)16-19-15(20-23-16)13-3-4-14(17)24-13/h3-7,18H,1-2H3. The van der Waals surface area contributed by atoms with Crippen molar-refractivity contribution < 1.29 is 14.0 Å². The normalized spacial score (nSPS) is 11.1. The van der Waals surface area contributed by atoms with Crippen LogP contribution in [0.4, 0.5) is 0 Å². The largest absolute Gasteiger partial charge is 0.493 e. The molecule has 122 valence electrons. The summed E-state index contributed by atoms with van der Waals surface area (Å²) in [6, 6.07) is 9.36. The average Bonchev–Trinajstić information content (AvgIpc) is 3.31. The van der Waals surface area contributed by atoms with Crippen LogP contribution >= 0.6 is 22.9 Å². The van der Waals surface area contributed by atoms with E-state index < -0.39 is 0 Å². The molecule has 6 nitrogen and oxygen atoms in total. The van der Waals surface area contributed by atoms with E-state index in [0.717, 1.165) is 21.5 Å². The molecule has 1 aromatic carbocycles. The van der Waals surface area contributed by atoms with Crippen molar-refractivity contribution in [3.8, 4) is 33.8 Å². The summed E-state index contributed by atoms with van der Waals surface area (Å²) in [6.07, 6.45) is 0. The fourth-order valence-electron chi connectivity index (χ4n) is 2.44. The summed E-state index contributed by atoms with van der Waals surface area (Å²) in [4.78, 5) is 8.53. The molecule has 0 aliphatic heterocycles. The molecule has 8 heteroatoms. The molecule has 0 saturated heterocycles. The molecule has 0 bridgehead atoms. The highest BCUT2D eigenvalue weighted by Gasteiger charge is 2.15. The Balaban J connectivity index is 1.75. The molecule has 0 fully saturated rings. The number of rotatable bonds is 4. The van der Waals surface area contributed by atoms with Crippen molar-refractivity contribution in [2.45, 2.75) is 0 Å². The lowest BCUT2D eigenvalue weighted by Gasteiger charge is -2.06. The maximum atomic E-state index is 5.95. The van der Waals surface area contributed by atoms with Crippen molar-refractivity contribution in [2.24, 2.45) is 0 Å². The fourth-order valence-corrected chi connectivity index (χ4v) is 3.41. The number of thiophene rings is 1. The molecule has 0 aliphatic rings. The number of hydrogen-bond acceptors (Lipinski definition) is 6. The topological polar surface area (TPSA) is 73.2 Å². The van der Waals surface area contributed by atoms with E-state index in [4.69, 9.17) is 25.6 Å². The van der Waals surface area contributed by atoms with Crippen LogP contribution in [0, 0.1) is 0 Å². The molecular formula is C16H12ClN3O3S. The first-order chi connectivity index (χ1) is 11.7. The summed E-state index contributed by atoms with van der Waals surface area (Å²) in [6.45, 7) is 0. The van der Waals surface area contributed by atoms with E-state index in [0.29, 0.717) is 27.6 Å².